The largest absolute Gasteiger partial charge is 0.396 e. The van der Waals surface area contributed by atoms with Gasteiger partial charge in [-0.05, 0) is 42.5 Å². The molecule has 0 bridgehead atoms. The molecule has 0 radical (unpaired) electrons. The van der Waals surface area contributed by atoms with Gasteiger partial charge in [0.1, 0.15) is 29.7 Å². The molecule has 40 heavy (non-hydrogen) atoms. The van der Waals surface area contributed by atoms with Crippen LogP contribution in [0.5, 0.6) is 0 Å². The van der Waals surface area contributed by atoms with Crippen LogP contribution >= 0.6 is 0 Å². The predicted octanol–water partition coefficient (Wildman–Crippen LogP) is 4.09. The highest BCUT2D eigenvalue weighted by Crippen LogP contribution is 2.43. The molecule has 1 amide bonds. The Morgan fingerprint density at radius 3 is 2.55 bits per heavy atom. The Hall–Kier alpha value is -3.21. The molecule has 0 aliphatic carbocycles. The van der Waals surface area contributed by atoms with E-state index in [4.69, 9.17) is 4.98 Å². The standard InChI is InChI=1S/C30H37F3N4O3/c1-19(39)29(40)37(17-21-14-34-15-25(21)33)27(30(2,3)11-12-38)28-35-26(23-13-22(31)9-10-24(23)32)18-36(28)16-20-7-5-4-6-8-20/h4-10,13,18-19,21,25,27,34,38-39H,11-12,14-17H2,1-3H3. The Bertz CT molecular complexity index is 1300. The summed E-state index contributed by atoms with van der Waals surface area (Å²) in [5.74, 6) is -2.05. The van der Waals surface area contributed by atoms with Gasteiger partial charge in [0.2, 0.25) is 0 Å². The number of hydrogen-bond donors (Lipinski definition) is 3. The summed E-state index contributed by atoms with van der Waals surface area (Å²) < 4.78 is 45.6. The van der Waals surface area contributed by atoms with Crippen molar-refractivity contribution >= 4 is 5.91 Å². The van der Waals surface area contributed by atoms with Gasteiger partial charge in [-0.1, -0.05) is 44.2 Å². The summed E-state index contributed by atoms with van der Waals surface area (Å²) in [5.41, 5.74) is 0.227. The number of benzene rings is 2. The molecule has 7 nitrogen and oxygen atoms in total. The van der Waals surface area contributed by atoms with Gasteiger partial charge in [0.05, 0.1) is 11.7 Å². The molecule has 1 saturated heterocycles. The first-order chi connectivity index (χ1) is 19.0. The van der Waals surface area contributed by atoms with E-state index >= 15 is 0 Å². The third-order valence-corrected chi connectivity index (χ3v) is 7.59. The van der Waals surface area contributed by atoms with E-state index in [9.17, 15) is 28.2 Å². The van der Waals surface area contributed by atoms with Gasteiger partial charge < -0.3 is 25.0 Å². The monoisotopic (exact) mass is 558 g/mol. The van der Waals surface area contributed by atoms with Gasteiger partial charge in [-0.3, -0.25) is 4.79 Å². The van der Waals surface area contributed by atoms with Gasteiger partial charge in [-0.15, -0.1) is 0 Å². The van der Waals surface area contributed by atoms with E-state index in [1.807, 2.05) is 44.2 Å². The number of halogens is 3. The van der Waals surface area contributed by atoms with Crippen molar-refractivity contribution in [2.24, 2.45) is 11.3 Å². The average Bonchev–Trinajstić information content (AvgIpc) is 3.50. The summed E-state index contributed by atoms with van der Waals surface area (Å²) in [5, 5.41) is 23.4. The summed E-state index contributed by atoms with van der Waals surface area (Å²) in [4.78, 5) is 19.8. The quantitative estimate of drug-likeness (QED) is 0.330. The number of amides is 1. The van der Waals surface area contributed by atoms with Crippen LogP contribution in [0.3, 0.4) is 0 Å². The Labute approximate surface area is 232 Å². The molecule has 2 heterocycles. The molecule has 216 valence electrons. The van der Waals surface area contributed by atoms with E-state index in [-0.39, 0.29) is 37.4 Å². The first-order valence-electron chi connectivity index (χ1n) is 13.5. The molecule has 4 atom stereocenters. The highest BCUT2D eigenvalue weighted by Gasteiger charge is 2.43. The number of aliphatic hydroxyl groups excluding tert-OH is 2. The molecule has 1 aliphatic rings. The molecule has 1 aromatic heterocycles. The lowest BCUT2D eigenvalue weighted by molar-refractivity contribution is -0.146. The topological polar surface area (TPSA) is 90.6 Å². The second-order valence-corrected chi connectivity index (χ2v) is 11.2. The molecular formula is C30H37F3N4O3. The van der Waals surface area contributed by atoms with Crippen molar-refractivity contribution in [3.63, 3.8) is 0 Å². The van der Waals surface area contributed by atoms with Crippen LogP contribution in [-0.2, 0) is 11.3 Å². The molecule has 4 rings (SSSR count). The second-order valence-electron chi connectivity index (χ2n) is 11.2. The van der Waals surface area contributed by atoms with Gasteiger partial charge in [0, 0.05) is 50.5 Å². The predicted molar refractivity (Wildman–Crippen MR) is 146 cm³/mol. The Balaban J connectivity index is 1.92. The van der Waals surface area contributed by atoms with Crippen molar-refractivity contribution in [3.05, 3.63) is 77.8 Å². The zero-order valence-corrected chi connectivity index (χ0v) is 23.0. The van der Waals surface area contributed by atoms with Crippen LogP contribution in [0.1, 0.15) is 44.6 Å². The average molecular weight is 559 g/mol. The third kappa shape index (κ3) is 6.56. The lowest BCUT2D eigenvalue weighted by atomic mass is 9.79. The van der Waals surface area contributed by atoms with Crippen LogP contribution in [0.15, 0.2) is 54.7 Å². The number of hydrogen-bond acceptors (Lipinski definition) is 5. The molecule has 3 aromatic rings. The van der Waals surface area contributed by atoms with E-state index in [1.54, 1.807) is 10.8 Å². The van der Waals surface area contributed by atoms with Gasteiger partial charge in [0.25, 0.3) is 5.91 Å². The fourth-order valence-electron chi connectivity index (χ4n) is 5.41. The third-order valence-electron chi connectivity index (χ3n) is 7.59. The van der Waals surface area contributed by atoms with Crippen molar-refractivity contribution in [2.45, 2.75) is 52.1 Å². The Morgan fingerprint density at radius 2 is 1.93 bits per heavy atom. The normalized spacial score (nSPS) is 19.0. The number of nitrogens with one attached hydrogen (secondary N) is 1. The molecular weight excluding hydrogens is 521 g/mol. The minimum Gasteiger partial charge on any atom is -0.396 e. The minimum atomic E-state index is -1.38. The van der Waals surface area contributed by atoms with Crippen LogP contribution in [-0.4, -0.2) is 69.1 Å². The SMILES string of the molecule is CC(O)C(=O)N(CC1CNCC1F)C(c1nc(-c2cc(F)ccc2F)cn1Cc1ccccc1)C(C)(C)CCO. The molecule has 2 aromatic carbocycles. The molecule has 10 heteroatoms. The number of aromatic nitrogens is 2. The van der Waals surface area contributed by atoms with E-state index in [2.05, 4.69) is 5.32 Å². The first-order valence-corrected chi connectivity index (χ1v) is 13.5. The van der Waals surface area contributed by atoms with E-state index in [0.29, 0.717) is 18.9 Å². The molecule has 1 fully saturated rings. The molecule has 4 unspecified atom stereocenters. The van der Waals surface area contributed by atoms with Crippen molar-refractivity contribution in [1.29, 1.82) is 0 Å². The first kappa shape index (κ1) is 29.8. The Morgan fingerprint density at radius 1 is 1.20 bits per heavy atom. The number of carbonyl (C=O) groups excluding carboxylic acids is 1. The van der Waals surface area contributed by atoms with Crippen LogP contribution in [0.2, 0.25) is 0 Å². The van der Waals surface area contributed by atoms with Gasteiger partial charge >= 0.3 is 0 Å². The van der Waals surface area contributed by atoms with Crippen molar-refractivity contribution in [3.8, 4) is 11.3 Å². The van der Waals surface area contributed by atoms with Crippen molar-refractivity contribution in [1.82, 2.24) is 19.8 Å². The second kappa shape index (κ2) is 12.5. The number of nitrogens with zero attached hydrogens (tertiary/aromatic N) is 3. The summed E-state index contributed by atoms with van der Waals surface area (Å²) in [6, 6.07) is 11.8. The Kier molecular flexibility index (Phi) is 9.33. The summed E-state index contributed by atoms with van der Waals surface area (Å²) in [6.45, 7) is 5.71. The maximum absolute atomic E-state index is 14.9. The maximum atomic E-state index is 14.9. The van der Waals surface area contributed by atoms with Gasteiger partial charge in [0.15, 0.2) is 0 Å². The fourth-order valence-corrected chi connectivity index (χ4v) is 5.41. The number of rotatable bonds is 11. The van der Waals surface area contributed by atoms with Crippen LogP contribution in [0.25, 0.3) is 11.3 Å². The minimum absolute atomic E-state index is 0.000713. The van der Waals surface area contributed by atoms with E-state index in [1.165, 1.54) is 11.8 Å². The van der Waals surface area contributed by atoms with Crippen molar-refractivity contribution < 1.29 is 28.2 Å². The highest BCUT2D eigenvalue weighted by molar-refractivity contribution is 5.80. The molecule has 1 aliphatic heterocycles. The van der Waals surface area contributed by atoms with Gasteiger partial charge in [-0.25, -0.2) is 18.2 Å². The zero-order chi connectivity index (χ0) is 29.0. The number of carbonyl (C=O) groups is 1. The lowest BCUT2D eigenvalue weighted by Crippen LogP contribution is -2.50. The number of imidazole rings is 1. The molecule has 3 N–H and O–H groups in total. The summed E-state index contributed by atoms with van der Waals surface area (Å²) in [6.07, 6.45) is -0.697. The molecule has 0 spiro atoms. The van der Waals surface area contributed by atoms with Crippen LogP contribution in [0, 0.1) is 23.0 Å². The van der Waals surface area contributed by atoms with Crippen LogP contribution in [0.4, 0.5) is 13.2 Å². The number of alkyl halides is 1. The van der Waals surface area contributed by atoms with E-state index in [0.717, 1.165) is 23.8 Å². The number of aliphatic hydroxyl groups is 2. The molecule has 0 saturated carbocycles. The summed E-state index contributed by atoms with van der Waals surface area (Å²) >= 11 is 0. The lowest BCUT2D eigenvalue weighted by Gasteiger charge is -2.43. The summed E-state index contributed by atoms with van der Waals surface area (Å²) in [7, 11) is 0. The van der Waals surface area contributed by atoms with Crippen LogP contribution < -0.4 is 5.32 Å². The maximum Gasteiger partial charge on any atom is 0.251 e. The van der Waals surface area contributed by atoms with Gasteiger partial charge in [-0.2, -0.15) is 0 Å². The zero-order valence-electron chi connectivity index (χ0n) is 23.0. The fraction of sp³-hybridized carbons (Fsp3) is 0.467. The highest BCUT2D eigenvalue weighted by atomic mass is 19.1. The van der Waals surface area contributed by atoms with Crippen molar-refractivity contribution in [2.75, 3.05) is 26.2 Å². The van der Waals surface area contributed by atoms with E-state index < -0.39 is 47.2 Å². The smallest absolute Gasteiger partial charge is 0.251 e.